The van der Waals surface area contributed by atoms with Gasteiger partial charge in [0, 0.05) is 19.1 Å². The molecule has 0 amide bonds. The lowest BCUT2D eigenvalue weighted by Crippen LogP contribution is -2.51. The second kappa shape index (κ2) is 9.35. The van der Waals surface area contributed by atoms with Crippen molar-refractivity contribution in [1.82, 2.24) is 4.90 Å². The standard InChI is InChI=1S/C19H30FNO3/c1-3-5-17(6-4-2)21-11-12-23-14-19(22,13-21)15-24-18-9-7-16(20)8-10-18/h7-10,17,22H,3-6,11-15H2,1-2H3. The van der Waals surface area contributed by atoms with E-state index in [-0.39, 0.29) is 19.0 Å². The van der Waals surface area contributed by atoms with Gasteiger partial charge in [-0.05, 0) is 37.1 Å². The van der Waals surface area contributed by atoms with E-state index in [4.69, 9.17) is 9.47 Å². The minimum atomic E-state index is -1.05. The highest BCUT2D eigenvalue weighted by atomic mass is 19.1. The summed E-state index contributed by atoms with van der Waals surface area (Å²) in [6.45, 7) is 6.79. The summed E-state index contributed by atoms with van der Waals surface area (Å²) in [4.78, 5) is 2.34. The van der Waals surface area contributed by atoms with E-state index in [0.29, 0.717) is 24.9 Å². The zero-order valence-corrected chi connectivity index (χ0v) is 14.8. The molecule has 5 heteroatoms. The number of benzene rings is 1. The molecule has 24 heavy (non-hydrogen) atoms. The molecule has 136 valence electrons. The summed E-state index contributed by atoms with van der Waals surface area (Å²) in [6.07, 6.45) is 4.52. The van der Waals surface area contributed by atoms with Crippen molar-refractivity contribution >= 4 is 0 Å². The molecule has 1 saturated heterocycles. The van der Waals surface area contributed by atoms with Crippen LogP contribution in [0.2, 0.25) is 0 Å². The van der Waals surface area contributed by atoms with Crippen molar-refractivity contribution < 1.29 is 19.0 Å². The van der Waals surface area contributed by atoms with E-state index in [1.807, 2.05) is 0 Å². The Bertz CT molecular complexity index is 476. The molecule has 0 aliphatic carbocycles. The van der Waals surface area contributed by atoms with Gasteiger partial charge in [0.15, 0.2) is 0 Å². The van der Waals surface area contributed by atoms with E-state index < -0.39 is 5.60 Å². The molecule has 1 atom stereocenters. The Balaban J connectivity index is 1.99. The Kier molecular flexibility index (Phi) is 7.46. The zero-order valence-electron chi connectivity index (χ0n) is 14.8. The van der Waals surface area contributed by atoms with Gasteiger partial charge in [-0.25, -0.2) is 4.39 Å². The van der Waals surface area contributed by atoms with Crippen LogP contribution in [0.1, 0.15) is 39.5 Å². The SMILES string of the molecule is CCCC(CCC)N1CCOCC(O)(COc2ccc(F)cc2)C1. The van der Waals surface area contributed by atoms with Crippen LogP contribution < -0.4 is 4.74 Å². The van der Waals surface area contributed by atoms with Crippen molar-refractivity contribution in [3.05, 3.63) is 30.1 Å². The van der Waals surface area contributed by atoms with Crippen LogP contribution in [0.3, 0.4) is 0 Å². The maximum absolute atomic E-state index is 13.0. The van der Waals surface area contributed by atoms with Gasteiger partial charge in [-0.15, -0.1) is 0 Å². The minimum absolute atomic E-state index is 0.139. The molecular formula is C19H30FNO3. The van der Waals surface area contributed by atoms with Gasteiger partial charge in [-0.3, -0.25) is 4.90 Å². The summed E-state index contributed by atoms with van der Waals surface area (Å²) < 4.78 is 24.3. The minimum Gasteiger partial charge on any atom is -0.490 e. The summed E-state index contributed by atoms with van der Waals surface area (Å²) in [6, 6.07) is 6.33. The molecular weight excluding hydrogens is 309 g/mol. The molecule has 1 aliphatic heterocycles. The highest BCUT2D eigenvalue weighted by Crippen LogP contribution is 2.21. The topological polar surface area (TPSA) is 41.9 Å². The normalized spacial score (nSPS) is 22.5. The quantitative estimate of drug-likeness (QED) is 0.789. The third kappa shape index (κ3) is 5.72. The fraction of sp³-hybridized carbons (Fsp3) is 0.684. The highest BCUT2D eigenvalue weighted by molar-refractivity contribution is 5.22. The van der Waals surface area contributed by atoms with E-state index in [2.05, 4.69) is 18.7 Å². The van der Waals surface area contributed by atoms with Crippen molar-refractivity contribution in [2.75, 3.05) is 32.9 Å². The van der Waals surface area contributed by atoms with E-state index in [1.165, 1.54) is 12.1 Å². The molecule has 1 aromatic carbocycles. The Morgan fingerprint density at radius 2 is 1.92 bits per heavy atom. The third-order valence-corrected chi connectivity index (χ3v) is 4.47. The molecule has 4 nitrogen and oxygen atoms in total. The predicted molar refractivity (Wildman–Crippen MR) is 92.8 cm³/mol. The Morgan fingerprint density at radius 3 is 2.54 bits per heavy atom. The molecule has 2 rings (SSSR count). The van der Waals surface area contributed by atoms with Gasteiger partial charge in [0.05, 0.1) is 13.2 Å². The monoisotopic (exact) mass is 339 g/mol. The maximum atomic E-state index is 13.0. The first-order valence-electron chi connectivity index (χ1n) is 8.99. The summed E-state index contributed by atoms with van der Waals surface area (Å²) >= 11 is 0. The van der Waals surface area contributed by atoms with Crippen LogP contribution in [0.25, 0.3) is 0 Å². The van der Waals surface area contributed by atoms with Gasteiger partial charge in [-0.1, -0.05) is 26.7 Å². The van der Waals surface area contributed by atoms with Crippen LogP contribution in [-0.4, -0.2) is 54.6 Å². The number of hydrogen-bond donors (Lipinski definition) is 1. The number of hydrogen-bond acceptors (Lipinski definition) is 4. The first-order chi connectivity index (χ1) is 11.6. The largest absolute Gasteiger partial charge is 0.490 e. The molecule has 1 aromatic rings. The van der Waals surface area contributed by atoms with Crippen molar-refractivity contribution in [1.29, 1.82) is 0 Å². The highest BCUT2D eigenvalue weighted by Gasteiger charge is 2.35. The molecule has 1 aliphatic rings. The van der Waals surface area contributed by atoms with Gasteiger partial charge in [-0.2, -0.15) is 0 Å². The van der Waals surface area contributed by atoms with Gasteiger partial charge in [0.1, 0.15) is 23.8 Å². The van der Waals surface area contributed by atoms with Gasteiger partial charge in [0.25, 0.3) is 0 Å². The average molecular weight is 339 g/mol. The van der Waals surface area contributed by atoms with Crippen LogP contribution in [0.4, 0.5) is 4.39 Å². The number of ether oxygens (including phenoxy) is 2. The lowest BCUT2D eigenvalue weighted by molar-refractivity contribution is -0.0676. The zero-order chi connectivity index (χ0) is 17.4. The van der Waals surface area contributed by atoms with Crippen molar-refractivity contribution in [3.8, 4) is 5.75 Å². The van der Waals surface area contributed by atoms with Crippen LogP contribution in [0, 0.1) is 5.82 Å². The van der Waals surface area contributed by atoms with Crippen molar-refractivity contribution in [2.24, 2.45) is 0 Å². The molecule has 0 radical (unpaired) electrons. The first kappa shape index (κ1) is 19.2. The van der Waals surface area contributed by atoms with E-state index in [1.54, 1.807) is 12.1 Å². The first-order valence-corrected chi connectivity index (χ1v) is 8.99. The van der Waals surface area contributed by atoms with Gasteiger partial charge in [0.2, 0.25) is 0 Å². The Morgan fingerprint density at radius 1 is 1.25 bits per heavy atom. The average Bonchev–Trinajstić information content (AvgIpc) is 2.76. The van der Waals surface area contributed by atoms with Crippen molar-refractivity contribution in [3.63, 3.8) is 0 Å². The number of halogens is 1. The van der Waals surface area contributed by atoms with E-state index >= 15 is 0 Å². The molecule has 0 spiro atoms. The molecule has 0 saturated carbocycles. The number of aliphatic hydroxyl groups is 1. The second-order valence-electron chi connectivity index (χ2n) is 6.72. The fourth-order valence-electron chi connectivity index (χ4n) is 3.27. The Hall–Kier alpha value is -1.17. The van der Waals surface area contributed by atoms with Crippen LogP contribution in [0.15, 0.2) is 24.3 Å². The summed E-state index contributed by atoms with van der Waals surface area (Å²) in [7, 11) is 0. The fourth-order valence-corrected chi connectivity index (χ4v) is 3.27. The van der Waals surface area contributed by atoms with E-state index in [0.717, 1.165) is 32.2 Å². The predicted octanol–water partition coefficient (Wildman–Crippen LogP) is 3.24. The second-order valence-corrected chi connectivity index (χ2v) is 6.72. The van der Waals surface area contributed by atoms with E-state index in [9.17, 15) is 9.50 Å². The number of nitrogens with zero attached hydrogens (tertiary/aromatic N) is 1. The van der Waals surface area contributed by atoms with Crippen LogP contribution in [-0.2, 0) is 4.74 Å². The maximum Gasteiger partial charge on any atom is 0.134 e. The lowest BCUT2D eigenvalue weighted by atomic mass is 10.0. The van der Waals surface area contributed by atoms with Gasteiger partial charge >= 0.3 is 0 Å². The van der Waals surface area contributed by atoms with Crippen LogP contribution >= 0.6 is 0 Å². The number of β-amino-alcohol motifs (C(OH)–C–C–N with tert-alkyl or cyclic N) is 1. The smallest absolute Gasteiger partial charge is 0.134 e. The van der Waals surface area contributed by atoms with Crippen molar-refractivity contribution in [2.45, 2.75) is 51.2 Å². The molecule has 1 heterocycles. The lowest BCUT2D eigenvalue weighted by Gasteiger charge is -2.35. The summed E-state index contributed by atoms with van der Waals surface area (Å²) in [5.41, 5.74) is -1.05. The molecule has 0 bridgehead atoms. The molecule has 1 N–H and O–H groups in total. The molecule has 0 aromatic heterocycles. The number of rotatable bonds is 8. The summed E-state index contributed by atoms with van der Waals surface area (Å²) in [5.74, 6) is 0.256. The molecule has 1 fully saturated rings. The molecule has 1 unspecified atom stereocenters. The van der Waals surface area contributed by atoms with Gasteiger partial charge < -0.3 is 14.6 Å². The Labute approximate surface area is 144 Å². The van der Waals surface area contributed by atoms with Crippen LogP contribution in [0.5, 0.6) is 5.75 Å². The third-order valence-electron chi connectivity index (χ3n) is 4.47. The summed E-state index contributed by atoms with van der Waals surface area (Å²) in [5, 5.41) is 11.0.